The van der Waals surface area contributed by atoms with Crippen LogP contribution in [0.5, 0.6) is 17.2 Å². The zero-order valence-corrected chi connectivity index (χ0v) is 18.8. The number of carboxylic acid groups (broad SMARTS) is 1. The van der Waals surface area contributed by atoms with Crippen molar-refractivity contribution >= 4 is 28.5 Å². The zero-order chi connectivity index (χ0) is 22.9. The molecule has 6 nitrogen and oxygen atoms in total. The highest BCUT2D eigenvalue weighted by atomic mass is 35.5. The van der Waals surface area contributed by atoms with Gasteiger partial charge in [0.25, 0.3) is 0 Å². The second-order valence-electron chi connectivity index (χ2n) is 7.81. The lowest BCUT2D eigenvalue weighted by molar-refractivity contribution is 0.0687. The molecule has 1 aliphatic rings. The molecule has 0 atom stereocenters. The third-order valence-corrected chi connectivity index (χ3v) is 5.99. The molecule has 1 aliphatic heterocycles. The Morgan fingerprint density at radius 1 is 1.09 bits per heavy atom. The Labute approximate surface area is 195 Å². The maximum absolute atomic E-state index is 12.6. The Balaban J connectivity index is 1.73. The van der Waals surface area contributed by atoms with Crippen LogP contribution < -0.4 is 14.2 Å². The van der Waals surface area contributed by atoms with Gasteiger partial charge in [0.15, 0.2) is 11.5 Å². The lowest BCUT2D eigenvalue weighted by Gasteiger charge is -2.12. The lowest BCUT2D eigenvalue weighted by atomic mass is 10.0. The van der Waals surface area contributed by atoms with Crippen LogP contribution in [0.4, 0.5) is 0 Å². The summed E-state index contributed by atoms with van der Waals surface area (Å²) in [7, 11) is 0. The Morgan fingerprint density at radius 3 is 2.58 bits per heavy atom. The highest BCUT2D eigenvalue weighted by Crippen LogP contribution is 2.40. The molecule has 0 bridgehead atoms. The van der Waals surface area contributed by atoms with E-state index in [4.69, 9.17) is 25.8 Å². The molecule has 1 aromatic heterocycles. The molecule has 4 aromatic rings. The second kappa shape index (κ2) is 8.71. The lowest BCUT2D eigenvalue weighted by Crippen LogP contribution is -2.11. The molecule has 3 aromatic carbocycles. The molecular weight excluding hydrogens is 442 g/mol. The number of benzene rings is 3. The molecular formula is C26H22ClNO5. The van der Waals surface area contributed by atoms with E-state index in [1.807, 2.05) is 61.5 Å². The summed E-state index contributed by atoms with van der Waals surface area (Å²) in [5, 5.41) is 11.6. The molecule has 0 spiro atoms. The third-order valence-electron chi connectivity index (χ3n) is 5.64. The van der Waals surface area contributed by atoms with Crippen molar-refractivity contribution in [3.05, 3.63) is 76.9 Å². The highest BCUT2D eigenvalue weighted by molar-refractivity contribution is 6.31. The minimum absolute atomic E-state index is 0.140. The molecule has 0 saturated carbocycles. The number of ether oxygens (including phenoxy) is 3. The van der Waals surface area contributed by atoms with Crippen LogP contribution in [0.3, 0.4) is 0 Å². The van der Waals surface area contributed by atoms with Crippen molar-refractivity contribution in [3.8, 4) is 28.4 Å². The van der Waals surface area contributed by atoms with Crippen molar-refractivity contribution in [2.45, 2.75) is 19.9 Å². The molecule has 0 unspecified atom stereocenters. The summed E-state index contributed by atoms with van der Waals surface area (Å²) in [6, 6.07) is 18.7. The predicted octanol–water partition coefficient (Wildman–Crippen LogP) is 6.23. The molecule has 33 heavy (non-hydrogen) atoms. The number of carboxylic acids is 1. The van der Waals surface area contributed by atoms with Gasteiger partial charge in [-0.05, 0) is 41.8 Å². The number of rotatable bonds is 7. The first-order valence-electron chi connectivity index (χ1n) is 10.7. The van der Waals surface area contributed by atoms with Crippen molar-refractivity contribution in [1.82, 2.24) is 4.57 Å². The van der Waals surface area contributed by atoms with Crippen LogP contribution in [0.2, 0.25) is 5.02 Å². The third kappa shape index (κ3) is 3.87. The summed E-state index contributed by atoms with van der Waals surface area (Å²) >= 11 is 6.53. The summed E-state index contributed by atoms with van der Waals surface area (Å²) in [4.78, 5) is 12.6. The van der Waals surface area contributed by atoms with Gasteiger partial charge in [-0.3, -0.25) is 0 Å². The van der Waals surface area contributed by atoms with Gasteiger partial charge in [0, 0.05) is 27.6 Å². The summed E-state index contributed by atoms with van der Waals surface area (Å²) in [6.45, 7) is 3.03. The minimum atomic E-state index is -1.02. The first-order valence-corrected chi connectivity index (χ1v) is 11.1. The summed E-state index contributed by atoms with van der Waals surface area (Å²) in [5.41, 5.74) is 3.19. The number of aromatic carboxylic acids is 1. The first-order chi connectivity index (χ1) is 16.1. The maximum Gasteiger partial charge on any atom is 0.353 e. The van der Waals surface area contributed by atoms with E-state index >= 15 is 0 Å². The molecule has 5 rings (SSSR count). The zero-order valence-electron chi connectivity index (χ0n) is 18.0. The van der Waals surface area contributed by atoms with Crippen LogP contribution >= 0.6 is 11.6 Å². The predicted molar refractivity (Wildman–Crippen MR) is 127 cm³/mol. The summed E-state index contributed by atoms with van der Waals surface area (Å²) < 4.78 is 18.5. The van der Waals surface area contributed by atoms with Crippen molar-refractivity contribution in [2.24, 2.45) is 0 Å². The first kappa shape index (κ1) is 21.2. The van der Waals surface area contributed by atoms with E-state index in [1.165, 1.54) is 0 Å². The molecule has 1 N–H and O–H groups in total. The molecule has 0 fully saturated rings. The van der Waals surface area contributed by atoms with Gasteiger partial charge >= 0.3 is 5.97 Å². The van der Waals surface area contributed by atoms with Gasteiger partial charge in [-0.15, -0.1) is 0 Å². The van der Waals surface area contributed by atoms with Gasteiger partial charge in [0.05, 0.1) is 13.2 Å². The van der Waals surface area contributed by atoms with Crippen LogP contribution in [-0.2, 0) is 6.54 Å². The number of hydrogen-bond acceptors (Lipinski definition) is 4. The second-order valence-corrected chi connectivity index (χ2v) is 8.21. The van der Waals surface area contributed by atoms with Crippen molar-refractivity contribution in [3.63, 3.8) is 0 Å². The Kier molecular flexibility index (Phi) is 5.60. The maximum atomic E-state index is 12.6. The number of hydrogen-bond donors (Lipinski definition) is 1. The van der Waals surface area contributed by atoms with Crippen LogP contribution in [0.1, 0.15) is 29.4 Å². The van der Waals surface area contributed by atoms with Gasteiger partial charge in [0.2, 0.25) is 6.79 Å². The van der Waals surface area contributed by atoms with E-state index in [1.54, 1.807) is 10.6 Å². The number of carbonyl (C=O) groups is 1. The van der Waals surface area contributed by atoms with Gasteiger partial charge in [-0.25, -0.2) is 4.79 Å². The normalized spacial score (nSPS) is 12.3. The molecule has 0 saturated heterocycles. The fraction of sp³-hybridized carbons (Fsp3) is 0.192. The van der Waals surface area contributed by atoms with Gasteiger partial charge in [0.1, 0.15) is 11.4 Å². The Hall–Kier alpha value is -3.64. The summed E-state index contributed by atoms with van der Waals surface area (Å²) in [6.07, 6.45) is 0.883. The van der Waals surface area contributed by atoms with E-state index in [9.17, 15) is 9.90 Å². The Morgan fingerprint density at radius 2 is 1.85 bits per heavy atom. The average molecular weight is 464 g/mol. The molecule has 7 heteroatoms. The largest absolute Gasteiger partial charge is 0.494 e. The van der Waals surface area contributed by atoms with E-state index in [0.29, 0.717) is 34.4 Å². The van der Waals surface area contributed by atoms with Gasteiger partial charge < -0.3 is 23.9 Å². The van der Waals surface area contributed by atoms with Crippen LogP contribution in [-0.4, -0.2) is 29.0 Å². The number of fused-ring (bicyclic) bond motifs is 2. The smallest absolute Gasteiger partial charge is 0.353 e. The van der Waals surface area contributed by atoms with E-state index in [2.05, 4.69) is 0 Å². The number of aromatic nitrogens is 1. The van der Waals surface area contributed by atoms with Gasteiger partial charge in [-0.1, -0.05) is 48.9 Å². The van der Waals surface area contributed by atoms with Crippen molar-refractivity contribution in [2.75, 3.05) is 13.4 Å². The molecule has 0 amide bonds. The monoisotopic (exact) mass is 463 g/mol. The molecule has 168 valence electrons. The fourth-order valence-corrected chi connectivity index (χ4v) is 4.39. The number of halogens is 1. The Bertz CT molecular complexity index is 1350. The van der Waals surface area contributed by atoms with Gasteiger partial charge in [-0.2, -0.15) is 0 Å². The van der Waals surface area contributed by atoms with Crippen LogP contribution in [0.15, 0.2) is 60.7 Å². The quantitative estimate of drug-likeness (QED) is 0.352. The average Bonchev–Trinajstić information content (AvgIpc) is 3.40. The van der Waals surface area contributed by atoms with Crippen molar-refractivity contribution < 1.29 is 24.1 Å². The highest BCUT2D eigenvalue weighted by Gasteiger charge is 2.25. The topological polar surface area (TPSA) is 69.9 Å². The van der Waals surface area contributed by atoms with E-state index < -0.39 is 5.97 Å². The summed E-state index contributed by atoms with van der Waals surface area (Å²) in [5.74, 6) is 0.873. The fourth-order valence-electron chi connectivity index (χ4n) is 4.18. The number of nitrogens with zero attached hydrogens (tertiary/aromatic N) is 1. The van der Waals surface area contributed by atoms with Crippen LogP contribution in [0, 0.1) is 0 Å². The van der Waals surface area contributed by atoms with E-state index in [-0.39, 0.29) is 19.0 Å². The SMILES string of the molecule is CCCOc1ccc2c(c1)c(-c1ccccc1)c(C(=O)O)n2Cc1cc2c(cc1Cl)OCO2. The van der Waals surface area contributed by atoms with Crippen LogP contribution in [0.25, 0.3) is 22.0 Å². The standard InChI is InChI=1S/C26H22ClNO5/c1-2-10-31-18-8-9-21-19(12-18)24(16-6-4-3-5-7-16)25(26(29)30)28(21)14-17-11-22-23(13-20(17)27)33-15-32-22/h3-9,11-13H,2,10,14-15H2,1H3,(H,29,30). The molecule has 0 aliphatic carbocycles. The molecule has 0 radical (unpaired) electrons. The van der Waals surface area contributed by atoms with Crippen molar-refractivity contribution in [1.29, 1.82) is 0 Å². The molecule has 2 heterocycles. The van der Waals surface area contributed by atoms with E-state index in [0.717, 1.165) is 28.5 Å². The minimum Gasteiger partial charge on any atom is -0.494 e.